The van der Waals surface area contributed by atoms with Gasteiger partial charge in [-0.05, 0) is 195 Å². The quantitative estimate of drug-likeness (QED) is 0.160. The van der Waals surface area contributed by atoms with E-state index in [2.05, 4.69) is 77.7 Å². The molecule has 0 atom stereocenters. The molecular formula is C42H23I3N6O3. The van der Waals surface area contributed by atoms with Crippen molar-refractivity contribution in [3.8, 4) is 57.3 Å². The molecule has 10 rings (SSSR count). The molecular weight excluding hydrogens is 1020 g/mol. The van der Waals surface area contributed by atoms with Crippen LogP contribution in [0.4, 0.5) is 0 Å². The van der Waals surface area contributed by atoms with Crippen LogP contribution in [-0.4, -0.2) is 29.9 Å². The van der Waals surface area contributed by atoms with Gasteiger partial charge < -0.3 is 24.2 Å². The minimum absolute atomic E-state index is 0.505. The van der Waals surface area contributed by atoms with Crippen molar-refractivity contribution in [2.24, 2.45) is 0 Å². The summed E-state index contributed by atoms with van der Waals surface area (Å²) >= 11 is 6.85. The molecule has 0 amide bonds. The normalized spacial score (nSPS) is 11.6. The van der Waals surface area contributed by atoms with Gasteiger partial charge in [-0.1, -0.05) is 0 Å². The number of hydrogen-bond acceptors (Lipinski definition) is 7. The highest BCUT2D eigenvalue weighted by molar-refractivity contribution is 14.1. The molecule has 4 heterocycles. The van der Waals surface area contributed by atoms with Crippen LogP contribution in [-0.2, 0) is 0 Å². The van der Waals surface area contributed by atoms with Crippen molar-refractivity contribution in [1.29, 1.82) is 0 Å². The largest absolute Gasteiger partial charge is 0.457 e. The minimum Gasteiger partial charge on any atom is -0.457 e. The molecule has 3 aromatic heterocycles. The molecule has 0 fully saturated rings. The molecule has 9 aromatic rings. The lowest BCUT2D eigenvalue weighted by molar-refractivity contribution is 0.482. The van der Waals surface area contributed by atoms with Gasteiger partial charge in [0.2, 0.25) is 0 Å². The van der Waals surface area contributed by atoms with Crippen molar-refractivity contribution in [3.63, 3.8) is 0 Å². The lowest BCUT2D eigenvalue weighted by Gasteiger charge is -2.07. The van der Waals surface area contributed by atoms with Crippen LogP contribution < -0.4 is 14.2 Å². The van der Waals surface area contributed by atoms with E-state index < -0.39 is 0 Å². The molecule has 260 valence electrons. The maximum atomic E-state index is 6.29. The number of nitrogens with zero attached hydrogens (tertiary/aromatic N) is 4. The summed E-state index contributed by atoms with van der Waals surface area (Å²) in [6.45, 7) is 0. The summed E-state index contributed by atoms with van der Waals surface area (Å²) in [5.74, 6) is 5.27. The predicted octanol–water partition coefficient (Wildman–Crippen LogP) is 12.5. The average Bonchev–Trinajstić information content (AvgIpc) is 3.81. The Morgan fingerprint density at radius 2 is 0.704 bits per heavy atom. The molecule has 6 bridgehead atoms. The summed E-state index contributed by atoms with van der Waals surface area (Å²) in [7, 11) is 0. The number of aromatic nitrogens is 6. The first-order valence-electron chi connectivity index (χ1n) is 16.8. The first-order valence-corrected chi connectivity index (χ1v) is 20.0. The zero-order valence-electron chi connectivity index (χ0n) is 27.8. The van der Waals surface area contributed by atoms with Crippen molar-refractivity contribution < 1.29 is 14.2 Å². The fraction of sp³-hybridized carbons (Fsp3) is 0. The molecule has 1 aliphatic heterocycles. The number of rotatable bonds is 6. The molecule has 6 aromatic carbocycles. The average molecular weight is 1040 g/mol. The molecule has 2 N–H and O–H groups in total. The molecule has 9 nitrogen and oxygen atoms in total. The van der Waals surface area contributed by atoms with E-state index in [4.69, 9.17) is 34.1 Å². The fourth-order valence-corrected chi connectivity index (χ4v) is 7.50. The SMILES string of the molecule is Ic1ccc(Oc2ccc3c(c2)-c2nc-3nc3[nH]c(nc4[nH]c(n2)c2ccc(Oc5ccc(I)cc5)cc42)c2ccc(Oc4ccc(I)cc4)cc32)cc1. The number of aromatic amines is 2. The van der Waals surface area contributed by atoms with E-state index in [0.29, 0.717) is 51.5 Å². The number of H-pyrrole nitrogens is 2. The monoisotopic (exact) mass is 1040 g/mol. The Kier molecular flexibility index (Phi) is 8.47. The molecule has 0 spiro atoms. The molecule has 0 unspecified atom stereocenters. The van der Waals surface area contributed by atoms with Gasteiger partial charge in [0, 0.05) is 43.4 Å². The Bertz CT molecular complexity index is 3000. The number of ether oxygens (including phenoxy) is 3. The molecule has 12 heteroatoms. The van der Waals surface area contributed by atoms with Gasteiger partial charge in [0.15, 0.2) is 11.6 Å². The van der Waals surface area contributed by atoms with Crippen LogP contribution in [0.1, 0.15) is 0 Å². The Hall–Kier alpha value is -5.07. The smallest absolute Gasteiger partial charge is 0.164 e. The molecule has 0 aliphatic carbocycles. The van der Waals surface area contributed by atoms with Gasteiger partial charge in [-0.2, -0.15) is 0 Å². The van der Waals surface area contributed by atoms with Gasteiger partial charge in [-0.3, -0.25) is 0 Å². The van der Waals surface area contributed by atoms with Crippen LogP contribution in [0, 0.1) is 10.7 Å². The molecule has 0 saturated carbocycles. The third-order valence-corrected chi connectivity index (χ3v) is 11.1. The predicted molar refractivity (Wildman–Crippen MR) is 236 cm³/mol. The number of fused-ring (bicyclic) bond motifs is 15. The summed E-state index contributed by atoms with van der Waals surface area (Å²) in [5.41, 5.74) is 4.10. The second-order valence-corrected chi connectivity index (χ2v) is 16.3. The second kappa shape index (κ2) is 13.7. The van der Waals surface area contributed by atoms with Gasteiger partial charge in [-0.15, -0.1) is 0 Å². The van der Waals surface area contributed by atoms with E-state index >= 15 is 0 Å². The highest BCUT2D eigenvalue weighted by Crippen LogP contribution is 2.39. The lowest BCUT2D eigenvalue weighted by Crippen LogP contribution is -1.87. The van der Waals surface area contributed by atoms with E-state index in [0.717, 1.165) is 60.6 Å². The van der Waals surface area contributed by atoms with Gasteiger partial charge >= 0.3 is 0 Å². The third kappa shape index (κ3) is 6.45. The molecule has 0 radical (unpaired) electrons. The van der Waals surface area contributed by atoms with Gasteiger partial charge in [0.05, 0.1) is 0 Å². The van der Waals surface area contributed by atoms with Gasteiger partial charge in [0.25, 0.3) is 0 Å². The Morgan fingerprint density at radius 3 is 1.20 bits per heavy atom. The highest BCUT2D eigenvalue weighted by Gasteiger charge is 2.22. The standard InChI is InChI=1S/C42H23I3N6O3/c43-22-1-7-25(8-2-22)52-28-13-16-31-34(19-28)40-46-37(31)50-41-36-21-30(54-27-11-5-24(45)6-12-27)15-18-33(36)39(48-41)51-42-35-20-29(14-17-32(35)38(47-42)49-40)53-26-9-3-23(44)4-10-26/h1-21H,(H2,46,47,48,49,50,51). The van der Waals surface area contributed by atoms with Crippen LogP contribution in [0.25, 0.3) is 66.9 Å². The van der Waals surface area contributed by atoms with Crippen molar-refractivity contribution in [1.82, 2.24) is 29.9 Å². The van der Waals surface area contributed by atoms with Crippen molar-refractivity contribution in [2.45, 2.75) is 0 Å². The van der Waals surface area contributed by atoms with Crippen LogP contribution in [0.15, 0.2) is 127 Å². The van der Waals surface area contributed by atoms with E-state index in [9.17, 15) is 0 Å². The zero-order valence-corrected chi connectivity index (χ0v) is 34.2. The fourth-order valence-electron chi connectivity index (χ4n) is 6.42. The highest BCUT2D eigenvalue weighted by atomic mass is 127. The van der Waals surface area contributed by atoms with Gasteiger partial charge in [-0.25, -0.2) is 19.9 Å². The molecule has 54 heavy (non-hydrogen) atoms. The maximum Gasteiger partial charge on any atom is 0.164 e. The van der Waals surface area contributed by atoms with Crippen LogP contribution in [0.3, 0.4) is 0 Å². The van der Waals surface area contributed by atoms with E-state index in [1.54, 1.807) is 0 Å². The molecule has 0 saturated heterocycles. The maximum absolute atomic E-state index is 6.29. The van der Waals surface area contributed by atoms with E-state index in [-0.39, 0.29) is 0 Å². The number of halogens is 3. The summed E-state index contributed by atoms with van der Waals surface area (Å²) < 4.78 is 22.2. The van der Waals surface area contributed by atoms with E-state index in [1.807, 2.05) is 127 Å². The number of nitrogens with one attached hydrogen (secondary N) is 2. The molecule has 1 aliphatic rings. The zero-order chi connectivity index (χ0) is 36.3. The van der Waals surface area contributed by atoms with Crippen LogP contribution in [0.2, 0.25) is 0 Å². The first-order chi connectivity index (χ1) is 26.4. The minimum atomic E-state index is 0.505. The summed E-state index contributed by atoms with van der Waals surface area (Å²) in [5, 5.41) is 3.42. The van der Waals surface area contributed by atoms with E-state index in [1.165, 1.54) is 0 Å². The first kappa shape index (κ1) is 33.5. The summed E-state index contributed by atoms with van der Waals surface area (Å²) in [6, 6.07) is 41.5. The van der Waals surface area contributed by atoms with Crippen molar-refractivity contribution in [2.75, 3.05) is 0 Å². The Balaban J connectivity index is 1.19. The topological polar surface area (TPSA) is 111 Å². The number of hydrogen-bond donors (Lipinski definition) is 2. The third-order valence-electron chi connectivity index (χ3n) is 8.97. The van der Waals surface area contributed by atoms with Crippen LogP contribution in [0.5, 0.6) is 34.5 Å². The Morgan fingerprint density at radius 1 is 0.333 bits per heavy atom. The van der Waals surface area contributed by atoms with Crippen molar-refractivity contribution in [3.05, 3.63) is 138 Å². The number of benzene rings is 6. The van der Waals surface area contributed by atoms with Gasteiger partial charge in [0.1, 0.15) is 57.1 Å². The van der Waals surface area contributed by atoms with Crippen molar-refractivity contribution >= 4 is 112 Å². The summed E-state index contributed by atoms with van der Waals surface area (Å²) in [4.78, 5) is 27.4. The Labute approximate surface area is 348 Å². The van der Waals surface area contributed by atoms with Crippen LogP contribution >= 0.6 is 67.8 Å². The second-order valence-electron chi connectivity index (χ2n) is 12.5. The lowest BCUT2D eigenvalue weighted by atomic mass is 10.1. The summed E-state index contributed by atoms with van der Waals surface area (Å²) in [6.07, 6.45) is 0.